The Labute approximate surface area is 251 Å². The van der Waals surface area contributed by atoms with Gasteiger partial charge in [-0.3, -0.25) is 4.79 Å². The highest BCUT2D eigenvalue weighted by molar-refractivity contribution is 6.00. The monoisotopic (exact) mass is 604 g/mol. The number of carbonyl (C=O) groups excluding carboxylic acids is 2. The fourth-order valence-corrected chi connectivity index (χ4v) is 5.95. The van der Waals surface area contributed by atoms with E-state index in [-0.39, 0.29) is 42.7 Å². The van der Waals surface area contributed by atoms with Crippen LogP contribution in [0.4, 0.5) is 29.3 Å². The molecule has 3 amide bonds. The Morgan fingerprint density at radius 2 is 1.72 bits per heavy atom. The molecule has 0 bridgehead atoms. The van der Waals surface area contributed by atoms with Gasteiger partial charge in [0.2, 0.25) is 5.91 Å². The Morgan fingerprint density at radius 3 is 2.37 bits per heavy atom. The molecule has 0 radical (unpaired) electrons. The smallest absolute Gasteiger partial charge is 0.416 e. The first-order valence-corrected chi connectivity index (χ1v) is 15.1. The molecular weight excluding hydrogens is 561 g/mol. The predicted molar refractivity (Wildman–Crippen MR) is 160 cm³/mol. The normalized spacial score (nSPS) is 20.8. The number of benzene rings is 2. The summed E-state index contributed by atoms with van der Waals surface area (Å²) in [7, 11) is 2.11. The number of urea groups is 1. The number of aliphatic hydroxyl groups excluding tert-OH is 1. The molecule has 3 atom stereocenters. The maximum Gasteiger partial charge on any atom is 0.416 e. The van der Waals surface area contributed by atoms with Gasteiger partial charge < -0.3 is 30.3 Å². The number of fused-ring (bicyclic) bond motifs is 1. The second-order valence-corrected chi connectivity index (χ2v) is 12.1. The van der Waals surface area contributed by atoms with Gasteiger partial charge in [0.05, 0.1) is 24.6 Å². The molecule has 43 heavy (non-hydrogen) atoms. The van der Waals surface area contributed by atoms with Gasteiger partial charge in [-0.25, -0.2) is 4.79 Å². The SMILES string of the molecule is C[C@H](CO)N1C[C@H](C)[C@@H](CN(C)CC2CCCCC2)Oc2ccc(NC(=O)Nc3ccc(C(F)(F)F)cc3)cc2CC1=O. The van der Waals surface area contributed by atoms with Crippen LogP contribution in [0.15, 0.2) is 42.5 Å². The van der Waals surface area contributed by atoms with Crippen LogP contribution in [0.5, 0.6) is 5.75 Å². The number of amides is 3. The molecule has 236 valence electrons. The molecule has 1 aliphatic heterocycles. The average Bonchev–Trinajstić information content (AvgIpc) is 3.00. The second kappa shape index (κ2) is 14.4. The zero-order valence-electron chi connectivity index (χ0n) is 25.1. The Morgan fingerprint density at radius 1 is 1.07 bits per heavy atom. The third kappa shape index (κ3) is 9.09. The summed E-state index contributed by atoms with van der Waals surface area (Å²) in [6.45, 7) is 5.84. The molecule has 0 spiro atoms. The van der Waals surface area contributed by atoms with Crippen LogP contribution in [0.25, 0.3) is 0 Å². The molecule has 8 nitrogen and oxygen atoms in total. The molecule has 1 heterocycles. The molecule has 3 N–H and O–H groups in total. The lowest BCUT2D eigenvalue weighted by atomic mass is 9.89. The number of halogens is 3. The van der Waals surface area contributed by atoms with Crippen molar-refractivity contribution in [3.05, 3.63) is 53.6 Å². The summed E-state index contributed by atoms with van der Waals surface area (Å²) in [5, 5.41) is 15.1. The van der Waals surface area contributed by atoms with Crippen LogP contribution in [0.1, 0.15) is 57.1 Å². The maximum atomic E-state index is 13.5. The van der Waals surface area contributed by atoms with Crippen LogP contribution < -0.4 is 15.4 Å². The molecule has 2 aromatic carbocycles. The lowest BCUT2D eigenvalue weighted by Crippen LogP contribution is -2.48. The standard InChI is InChI=1S/C32H43F3N4O4/c1-21-17-39(22(2)20-40)30(41)16-24-15-27(37-31(42)36-26-11-9-25(10-12-26)32(33,34)35)13-14-28(24)43-29(21)19-38(3)18-23-7-5-4-6-8-23/h9-15,21-23,29,40H,4-8,16-20H2,1-3H3,(H2,36,37,42)/t21-,22+,29+/m0/s1. The number of alkyl halides is 3. The van der Waals surface area contributed by atoms with E-state index in [2.05, 4.69) is 29.5 Å². The van der Waals surface area contributed by atoms with Crippen molar-refractivity contribution in [2.75, 3.05) is 43.9 Å². The molecule has 4 rings (SSSR count). The summed E-state index contributed by atoms with van der Waals surface area (Å²) in [6.07, 6.45) is 1.68. The van der Waals surface area contributed by atoms with Crippen molar-refractivity contribution in [1.82, 2.24) is 9.80 Å². The summed E-state index contributed by atoms with van der Waals surface area (Å²) in [4.78, 5) is 30.1. The molecule has 1 saturated carbocycles. The number of hydrogen-bond acceptors (Lipinski definition) is 5. The second-order valence-electron chi connectivity index (χ2n) is 12.1. The van der Waals surface area contributed by atoms with Gasteiger partial charge in [-0.1, -0.05) is 26.2 Å². The van der Waals surface area contributed by atoms with E-state index in [1.165, 1.54) is 44.2 Å². The first kappa shape index (κ1) is 32.6. The number of rotatable bonds is 8. The minimum Gasteiger partial charge on any atom is -0.488 e. The molecule has 0 saturated heterocycles. The van der Waals surface area contributed by atoms with E-state index >= 15 is 0 Å². The molecule has 2 aliphatic rings. The van der Waals surface area contributed by atoms with Crippen molar-refractivity contribution in [3.63, 3.8) is 0 Å². The van der Waals surface area contributed by atoms with Crippen molar-refractivity contribution < 1.29 is 32.6 Å². The average molecular weight is 605 g/mol. The number of likely N-dealkylation sites (N-methyl/N-ethyl adjacent to an activating group) is 1. The van der Waals surface area contributed by atoms with Crippen LogP contribution in [0.2, 0.25) is 0 Å². The lowest BCUT2D eigenvalue weighted by Gasteiger charge is -2.35. The minimum absolute atomic E-state index is 0.00924. The number of aliphatic hydroxyl groups is 1. The first-order valence-electron chi connectivity index (χ1n) is 15.1. The van der Waals surface area contributed by atoms with E-state index in [0.29, 0.717) is 36.0 Å². The highest BCUT2D eigenvalue weighted by Gasteiger charge is 2.32. The number of hydrogen-bond donors (Lipinski definition) is 3. The van der Waals surface area contributed by atoms with Gasteiger partial charge in [0.1, 0.15) is 11.9 Å². The van der Waals surface area contributed by atoms with Gasteiger partial charge in [0.15, 0.2) is 0 Å². The van der Waals surface area contributed by atoms with E-state index in [1.807, 2.05) is 6.92 Å². The van der Waals surface area contributed by atoms with E-state index in [0.717, 1.165) is 18.7 Å². The quantitative estimate of drug-likeness (QED) is 0.343. The Kier molecular flexibility index (Phi) is 10.9. The largest absolute Gasteiger partial charge is 0.488 e. The highest BCUT2D eigenvalue weighted by Crippen LogP contribution is 2.31. The fraction of sp³-hybridized carbons (Fsp3) is 0.562. The molecule has 2 aromatic rings. The van der Waals surface area contributed by atoms with Crippen molar-refractivity contribution in [2.45, 2.75) is 70.7 Å². The number of carbonyl (C=O) groups is 2. The summed E-state index contributed by atoms with van der Waals surface area (Å²) < 4.78 is 45.2. The van der Waals surface area contributed by atoms with Gasteiger partial charge in [-0.05, 0) is 75.2 Å². The van der Waals surface area contributed by atoms with E-state index in [1.54, 1.807) is 23.1 Å². The Bertz CT molecular complexity index is 1230. The molecular formula is C32H43F3N4O4. The molecule has 1 fully saturated rings. The van der Waals surface area contributed by atoms with Gasteiger partial charge in [0.25, 0.3) is 0 Å². The number of ether oxygens (including phenoxy) is 1. The summed E-state index contributed by atoms with van der Waals surface area (Å²) in [6, 6.07) is 8.25. The zero-order valence-corrected chi connectivity index (χ0v) is 25.1. The van der Waals surface area contributed by atoms with Gasteiger partial charge in [0, 0.05) is 42.5 Å². The van der Waals surface area contributed by atoms with Crippen LogP contribution in [0.3, 0.4) is 0 Å². The van der Waals surface area contributed by atoms with Crippen molar-refractivity contribution >= 4 is 23.3 Å². The van der Waals surface area contributed by atoms with E-state index in [9.17, 15) is 27.9 Å². The molecule has 1 aliphatic carbocycles. The number of anilines is 2. The van der Waals surface area contributed by atoms with Crippen LogP contribution in [0, 0.1) is 11.8 Å². The summed E-state index contributed by atoms with van der Waals surface area (Å²) in [5.41, 5.74) is 0.397. The van der Waals surface area contributed by atoms with Crippen LogP contribution in [-0.2, 0) is 17.4 Å². The number of nitrogens with zero attached hydrogens (tertiary/aromatic N) is 2. The van der Waals surface area contributed by atoms with Crippen molar-refractivity contribution in [1.29, 1.82) is 0 Å². The van der Waals surface area contributed by atoms with E-state index < -0.39 is 17.8 Å². The van der Waals surface area contributed by atoms with Gasteiger partial charge in [-0.2, -0.15) is 13.2 Å². The molecule has 11 heteroatoms. The molecule has 0 aromatic heterocycles. The van der Waals surface area contributed by atoms with Crippen molar-refractivity contribution in [3.8, 4) is 5.75 Å². The number of nitrogens with one attached hydrogen (secondary N) is 2. The summed E-state index contributed by atoms with van der Waals surface area (Å²) >= 11 is 0. The minimum atomic E-state index is -4.47. The maximum absolute atomic E-state index is 13.5. The Balaban J connectivity index is 1.51. The van der Waals surface area contributed by atoms with Crippen LogP contribution >= 0.6 is 0 Å². The van der Waals surface area contributed by atoms with Crippen molar-refractivity contribution in [2.24, 2.45) is 11.8 Å². The Hall–Kier alpha value is -3.31. The predicted octanol–water partition coefficient (Wildman–Crippen LogP) is 6.01. The first-order chi connectivity index (χ1) is 20.4. The zero-order chi connectivity index (χ0) is 31.1. The highest BCUT2D eigenvalue weighted by atomic mass is 19.4. The third-order valence-corrected chi connectivity index (χ3v) is 8.43. The molecule has 0 unspecified atom stereocenters. The fourth-order valence-electron chi connectivity index (χ4n) is 5.95. The van der Waals surface area contributed by atoms with Gasteiger partial charge in [-0.15, -0.1) is 0 Å². The van der Waals surface area contributed by atoms with Gasteiger partial charge >= 0.3 is 12.2 Å². The summed E-state index contributed by atoms with van der Waals surface area (Å²) in [5.74, 6) is 1.07. The third-order valence-electron chi connectivity index (χ3n) is 8.43. The topological polar surface area (TPSA) is 94.1 Å². The van der Waals surface area contributed by atoms with E-state index in [4.69, 9.17) is 4.74 Å². The lowest BCUT2D eigenvalue weighted by molar-refractivity contribution is -0.137. The van der Waals surface area contributed by atoms with Crippen LogP contribution in [-0.4, -0.2) is 72.3 Å².